The zero-order chi connectivity index (χ0) is 14.4. The molecule has 2 unspecified atom stereocenters. The summed E-state index contributed by atoms with van der Waals surface area (Å²) in [5.41, 5.74) is 4.13. The molecule has 2 aliphatic heterocycles. The molecule has 0 saturated heterocycles. The third-order valence-electron chi connectivity index (χ3n) is 4.61. The predicted octanol–water partition coefficient (Wildman–Crippen LogP) is 5.10. The van der Waals surface area contributed by atoms with Crippen LogP contribution in [0.5, 0.6) is 0 Å². The second-order valence-corrected chi connectivity index (χ2v) is 7.87. The molecule has 0 amide bonds. The summed E-state index contributed by atoms with van der Waals surface area (Å²) in [5, 5.41) is 3.75. The minimum atomic E-state index is -0.185. The van der Waals surface area contributed by atoms with Gasteiger partial charge in [0, 0.05) is 28.3 Å². The molecule has 1 nitrogen and oxygen atoms in total. The molecule has 21 heavy (non-hydrogen) atoms. The number of hydrogen-bond donors (Lipinski definition) is 1. The fourth-order valence-corrected chi connectivity index (χ4v) is 5.34. The summed E-state index contributed by atoms with van der Waals surface area (Å²) < 4.78 is 14.1. The van der Waals surface area contributed by atoms with Crippen molar-refractivity contribution in [1.82, 2.24) is 5.32 Å². The van der Waals surface area contributed by atoms with Gasteiger partial charge in [-0.1, -0.05) is 12.1 Å². The number of fused-ring (bicyclic) bond motifs is 1. The Labute approximate surface area is 137 Å². The summed E-state index contributed by atoms with van der Waals surface area (Å²) in [6.45, 7) is 0. The van der Waals surface area contributed by atoms with Crippen LogP contribution in [-0.4, -0.2) is 11.8 Å². The Bertz CT molecular complexity index is 652. The van der Waals surface area contributed by atoms with Crippen LogP contribution in [0, 0.1) is 5.82 Å². The Balaban J connectivity index is 1.83. The lowest BCUT2D eigenvalue weighted by molar-refractivity contribution is 0.497. The van der Waals surface area contributed by atoms with Crippen molar-refractivity contribution in [2.24, 2.45) is 0 Å². The van der Waals surface area contributed by atoms with E-state index >= 15 is 0 Å². The smallest absolute Gasteiger partial charge is 0.137 e. The average molecular weight is 366 g/mol. The maximum atomic E-state index is 13.6. The van der Waals surface area contributed by atoms with E-state index in [-0.39, 0.29) is 5.82 Å². The zero-order valence-electron chi connectivity index (χ0n) is 11.7. The van der Waals surface area contributed by atoms with Crippen molar-refractivity contribution in [1.29, 1.82) is 0 Å². The van der Waals surface area contributed by atoms with E-state index in [0.717, 1.165) is 12.2 Å². The summed E-state index contributed by atoms with van der Waals surface area (Å²) in [6, 6.07) is 5.97. The van der Waals surface area contributed by atoms with Gasteiger partial charge in [-0.15, -0.1) is 11.8 Å². The van der Waals surface area contributed by atoms with Crippen molar-refractivity contribution >= 4 is 27.7 Å². The van der Waals surface area contributed by atoms with Crippen LogP contribution >= 0.6 is 27.7 Å². The lowest BCUT2D eigenvalue weighted by Gasteiger charge is -2.38. The molecule has 2 heterocycles. The highest BCUT2D eigenvalue weighted by Gasteiger charge is 2.37. The fourth-order valence-electron chi connectivity index (χ4n) is 3.65. The van der Waals surface area contributed by atoms with E-state index < -0.39 is 0 Å². The van der Waals surface area contributed by atoms with E-state index in [9.17, 15) is 4.39 Å². The van der Waals surface area contributed by atoms with Gasteiger partial charge in [-0.3, -0.25) is 0 Å². The number of hydrogen-bond acceptors (Lipinski definition) is 2. The van der Waals surface area contributed by atoms with Gasteiger partial charge in [-0.2, -0.15) is 0 Å². The fraction of sp³-hybridized carbons (Fsp3) is 0.412. The molecule has 1 N–H and O–H groups in total. The highest BCUT2D eigenvalue weighted by molar-refractivity contribution is 9.10. The SMILES string of the molecule is Fc1ccc(C2C3=CCCCC3NC3=C2SCC3)cc1Br. The minimum Gasteiger partial charge on any atom is -0.381 e. The van der Waals surface area contributed by atoms with Gasteiger partial charge in [-0.05, 0) is 64.9 Å². The van der Waals surface area contributed by atoms with Crippen LogP contribution in [0.15, 0.2) is 44.9 Å². The number of nitrogens with one attached hydrogen (secondary N) is 1. The maximum Gasteiger partial charge on any atom is 0.137 e. The first kappa shape index (κ1) is 13.9. The van der Waals surface area contributed by atoms with Crippen molar-refractivity contribution in [3.63, 3.8) is 0 Å². The topological polar surface area (TPSA) is 12.0 Å². The van der Waals surface area contributed by atoms with Crippen LogP contribution in [0.3, 0.4) is 0 Å². The number of thioether (sulfide) groups is 1. The molecule has 1 aromatic rings. The molecule has 0 spiro atoms. The average Bonchev–Trinajstić information content (AvgIpc) is 2.95. The molecule has 4 heteroatoms. The quantitative estimate of drug-likeness (QED) is 0.694. The molecule has 110 valence electrons. The molecule has 0 saturated carbocycles. The second-order valence-electron chi connectivity index (χ2n) is 5.88. The summed E-state index contributed by atoms with van der Waals surface area (Å²) in [7, 11) is 0. The number of benzene rings is 1. The molecule has 1 aromatic carbocycles. The second kappa shape index (κ2) is 5.47. The lowest BCUT2D eigenvalue weighted by Crippen LogP contribution is -2.38. The van der Waals surface area contributed by atoms with Crippen LogP contribution < -0.4 is 5.32 Å². The molecule has 1 aliphatic carbocycles. The Morgan fingerprint density at radius 3 is 3.10 bits per heavy atom. The Kier molecular flexibility index (Phi) is 3.62. The van der Waals surface area contributed by atoms with Gasteiger partial charge in [0.1, 0.15) is 5.82 Å². The molecular weight excluding hydrogens is 349 g/mol. The molecule has 0 fully saturated rings. The summed E-state index contributed by atoms with van der Waals surface area (Å²) in [6.07, 6.45) is 7.19. The first-order chi connectivity index (χ1) is 10.2. The molecule has 0 bridgehead atoms. The molecule has 3 aliphatic rings. The summed E-state index contributed by atoms with van der Waals surface area (Å²) in [4.78, 5) is 1.46. The third kappa shape index (κ3) is 2.36. The van der Waals surface area contributed by atoms with Gasteiger partial charge in [0.2, 0.25) is 0 Å². The molecule has 0 radical (unpaired) electrons. The summed E-state index contributed by atoms with van der Waals surface area (Å²) in [5.74, 6) is 1.31. The van der Waals surface area contributed by atoms with Gasteiger partial charge >= 0.3 is 0 Å². The van der Waals surface area contributed by atoms with E-state index in [4.69, 9.17) is 0 Å². The van der Waals surface area contributed by atoms with Crippen LogP contribution in [0.4, 0.5) is 4.39 Å². The zero-order valence-corrected chi connectivity index (χ0v) is 14.1. The third-order valence-corrected chi connectivity index (χ3v) is 6.42. The minimum absolute atomic E-state index is 0.185. The van der Waals surface area contributed by atoms with Crippen molar-refractivity contribution in [3.8, 4) is 0 Å². The molecule has 2 atom stereocenters. The van der Waals surface area contributed by atoms with Gasteiger partial charge in [-0.25, -0.2) is 4.39 Å². The van der Waals surface area contributed by atoms with Gasteiger partial charge in [0.15, 0.2) is 0 Å². The van der Waals surface area contributed by atoms with Crippen molar-refractivity contribution < 1.29 is 4.39 Å². The van der Waals surface area contributed by atoms with Gasteiger partial charge in [0.05, 0.1) is 4.47 Å². The van der Waals surface area contributed by atoms with E-state index in [0.29, 0.717) is 16.4 Å². The van der Waals surface area contributed by atoms with Gasteiger partial charge in [0.25, 0.3) is 0 Å². The Morgan fingerprint density at radius 2 is 2.24 bits per heavy atom. The normalized spacial score (nSPS) is 27.8. The van der Waals surface area contributed by atoms with E-state index in [1.807, 2.05) is 23.9 Å². The van der Waals surface area contributed by atoms with Crippen molar-refractivity contribution in [2.75, 3.05) is 5.75 Å². The first-order valence-electron chi connectivity index (χ1n) is 7.51. The monoisotopic (exact) mass is 365 g/mol. The van der Waals surface area contributed by atoms with Crippen molar-refractivity contribution in [3.05, 3.63) is 56.3 Å². The van der Waals surface area contributed by atoms with Crippen LogP contribution in [0.25, 0.3) is 0 Å². The summed E-state index contributed by atoms with van der Waals surface area (Å²) >= 11 is 5.30. The van der Waals surface area contributed by atoms with E-state index in [1.165, 1.54) is 41.0 Å². The number of halogens is 2. The first-order valence-corrected chi connectivity index (χ1v) is 9.29. The number of allylic oxidation sites excluding steroid dienone is 3. The van der Waals surface area contributed by atoms with E-state index in [2.05, 4.69) is 27.3 Å². The van der Waals surface area contributed by atoms with Crippen LogP contribution in [0.1, 0.15) is 37.2 Å². The standard InChI is InChI=1S/C17H17BrFNS/c18-12-9-10(5-6-13(12)19)16-11-3-1-2-4-14(11)20-15-7-8-21-17(15)16/h3,5-6,9,14,16,20H,1-2,4,7-8H2. The van der Waals surface area contributed by atoms with E-state index in [1.54, 1.807) is 6.07 Å². The number of rotatable bonds is 1. The maximum absolute atomic E-state index is 13.6. The molecule has 0 aromatic heterocycles. The van der Waals surface area contributed by atoms with Crippen LogP contribution in [-0.2, 0) is 0 Å². The highest BCUT2D eigenvalue weighted by atomic mass is 79.9. The van der Waals surface area contributed by atoms with Crippen LogP contribution in [0.2, 0.25) is 0 Å². The molecular formula is C17H17BrFNS. The molecule has 4 rings (SSSR count). The predicted molar refractivity (Wildman–Crippen MR) is 89.8 cm³/mol. The lowest BCUT2D eigenvalue weighted by atomic mass is 9.78. The van der Waals surface area contributed by atoms with Crippen molar-refractivity contribution in [2.45, 2.75) is 37.6 Å². The Morgan fingerprint density at radius 1 is 1.33 bits per heavy atom. The Hall–Kier alpha value is -0.740. The highest BCUT2D eigenvalue weighted by Crippen LogP contribution is 2.50. The largest absolute Gasteiger partial charge is 0.381 e. The van der Waals surface area contributed by atoms with Gasteiger partial charge < -0.3 is 5.32 Å².